The van der Waals surface area contributed by atoms with Gasteiger partial charge in [0.05, 0.1) is 11.1 Å². The number of nitrogens with zero attached hydrogens (tertiary/aromatic N) is 1. The van der Waals surface area contributed by atoms with E-state index in [-0.39, 0.29) is 0 Å². The van der Waals surface area contributed by atoms with Gasteiger partial charge in [0.2, 0.25) is 0 Å². The summed E-state index contributed by atoms with van der Waals surface area (Å²) in [6.45, 7) is 0. The quantitative estimate of drug-likeness (QED) is 0.660. The monoisotopic (exact) mass is 237 g/mol. The standard InChI is InChI=1S/C14H12BNO2/c17-15(18)14-10-11-6-4-5-9-13(11)16(14)12-7-2-1-3-8-12/h1-10,17-18H. The smallest absolute Gasteiger partial charge is 0.422 e. The molecule has 3 nitrogen and oxygen atoms in total. The molecule has 88 valence electrons. The third-order valence-corrected chi connectivity index (χ3v) is 3.02. The average Bonchev–Trinajstić information content (AvgIpc) is 2.79. The van der Waals surface area contributed by atoms with Crippen LogP contribution in [0.2, 0.25) is 0 Å². The fourth-order valence-corrected chi connectivity index (χ4v) is 2.23. The number of hydrogen-bond acceptors (Lipinski definition) is 2. The highest BCUT2D eigenvalue weighted by Gasteiger charge is 2.19. The van der Waals surface area contributed by atoms with Gasteiger partial charge in [0.25, 0.3) is 0 Å². The first-order valence-electron chi connectivity index (χ1n) is 5.79. The van der Waals surface area contributed by atoms with E-state index in [2.05, 4.69) is 0 Å². The molecule has 0 spiro atoms. The number of fused-ring (bicyclic) bond motifs is 1. The normalized spacial score (nSPS) is 10.8. The van der Waals surface area contributed by atoms with Crippen molar-refractivity contribution in [2.45, 2.75) is 0 Å². The van der Waals surface area contributed by atoms with Crippen LogP contribution in [0.4, 0.5) is 0 Å². The van der Waals surface area contributed by atoms with Crippen molar-refractivity contribution in [1.82, 2.24) is 4.57 Å². The van der Waals surface area contributed by atoms with Crippen molar-refractivity contribution in [2.75, 3.05) is 0 Å². The summed E-state index contributed by atoms with van der Waals surface area (Å²) in [5.74, 6) is 0. The van der Waals surface area contributed by atoms with Gasteiger partial charge in [-0.3, -0.25) is 0 Å². The Morgan fingerprint density at radius 1 is 0.833 bits per heavy atom. The van der Waals surface area contributed by atoms with E-state index >= 15 is 0 Å². The third-order valence-electron chi connectivity index (χ3n) is 3.02. The summed E-state index contributed by atoms with van der Waals surface area (Å²) in [7, 11) is -1.49. The topological polar surface area (TPSA) is 45.4 Å². The van der Waals surface area contributed by atoms with Gasteiger partial charge in [-0.1, -0.05) is 36.4 Å². The SMILES string of the molecule is OB(O)c1cc2ccccc2n1-c1ccccc1. The van der Waals surface area contributed by atoms with Gasteiger partial charge < -0.3 is 14.6 Å². The summed E-state index contributed by atoms with van der Waals surface area (Å²) in [5.41, 5.74) is 2.36. The van der Waals surface area contributed by atoms with Crippen molar-refractivity contribution >= 4 is 23.6 Å². The van der Waals surface area contributed by atoms with E-state index in [9.17, 15) is 10.0 Å². The van der Waals surface area contributed by atoms with Crippen molar-refractivity contribution in [3.05, 3.63) is 60.7 Å². The number of para-hydroxylation sites is 2. The molecule has 18 heavy (non-hydrogen) atoms. The Morgan fingerprint density at radius 3 is 2.22 bits per heavy atom. The predicted octanol–water partition coefficient (Wildman–Crippen LogP) is 1.31. The van der Waals surface area contributed by atoms with E-state index in [0.29, 0.717) is 5.59 Å². The van der Waals surface area contributed by atoms with Crippen LogP contribution in [0, 0.1) is 0 Å². The van der Waals surface area contributed by atoms with Gasteiger partial charge in [-0.15, -0.1) is 0 Å². The lowest BCUT2D eigenvalue weighted by Crippen LogP contribution is -2.35. The second-order valence-corrected chi connectivity index (χ2v) is 4.17. The van der Waals surface area contributed by atoms with E-state index in [4.69, 9.17) is 0 Å². The van der Waals surface area contributed by atoms with Crippen molar-refractivity contribution in [3.63, 3.8) is 0 Å². The van der Waals surface area contributed by atoms with Crippen LogP contribution < -0.4 is 5.59 Å². The van der Waals surface area contributed by atoms with Crippen LogP contribution in [-0.2, 0) is 0 Å². The maximum atomic E-state index is 9.50. The highest BCUT2D eigenvalue weighted by Crippen LogP contribution is 2.18. The summed E-state index contributed by atoms with van der Waals surface area (Å²) in [4.78, 5) is 0. The predicted molar refractivity (Wildman–Crippen MR) is 73.1 cm³/mol. The van der Waals surface area contributed by atoms with Gasteiger partial charge in [-0.2, -0.15) is 0 Å². The molecule has 3 aromatic rings. The molecule has 1 aromatic heterocycles. The molecule has 0 bridgehead atoms. The molecule has 0 radical (unpaired) electrons. The maximum absolute atomic E-state index is 9.50. The van der Waals surface area contributed by atoms with E-state index < -0.39 is 7.12 Å². The molecule has 1 heterocycles. The minimum absolute atomic E-state index is 0.474. The van der Waals surface area contributed by atoms with Crippen LogP contribution in [0.25, 0.3) is 16.6 Å². The van der Waals surface area contributed by atoms with Crippen LogP contribution >= 0.6 is 0 Å². The fraction of sp³-hybridized carbons (Fsp3) is 0. The first-order valence-corrected chi connectivity index (χ1v) is 5.79. The van der Waals surface area contributed by atoms with Gasteiger partial charge in [0.15, 0.2) is 0 Å². The number of rotatable bonds is 2. The Hall–Kier alpha value is -2.04. The van der Waals surface area contributed by atoms with E-state index in [1.54, 1.807) is 6.07 Å². The number of benzene rings is 2. The Morgan fingerprint density at radius 2 is 1.50 bits per heavy atom. The molecular formula is C14H12BNO2. The molecule has 0 aliphatic carbocycles. The Kier molecular flexibility index (Phi) is 2.66. The number of aromatic nitrogens is 1. The minimum Gasteiger partial charge on any atom is -0.422 e. The zero-order valence-corrected chi connectivity index (χ0v) is 9.69. The molecule has 0 saturated heterocycles. The summed E-state index contributed by atoms with van der Waals surface area (Å²) >= 11 is 0. The van der Waals surface area contributed by atoms with Crippen molar-refractivity contribution in [2.24, 2.45) is 0 Å². The molecule has 0 amide bonds. The largest absolute Gasteiger partial charge is 0.506 e. The molecule has 0 aliphatic heterocycles. The van der Waals surface area contributed by atoms with Crippen LogP contribution in [-0.4, -0.2) is 21.7 Å². The maximum Gasteiger partial charge on any atom is 0.506 e. The van der Waals surface area contributed by atoms with Crippen LogP contribution in [0.15, 0.2) is 60.7 Å². The second kappa shape index (κ2) is 4.33. The molecule has 2 N–H and O–H groups in total. The van der Waals surface area contributed by atoms with E-state index in [0.717, 1.165) is 16.6 Å². The van der Waals surface area contributed by atoms with Gasteiger partial charge >= 0.3 is 7.12 Å². The molecule has 0 aliphatic rings. The molecule has 3 rings (SSSR count). The Labute approximate surface area is 105 Å². The zero-order chi connectivity index (χ0) is 12.5. The minimum atomic E-state index is -1.49. The van der Waals surface area contributed by atoms with E-state index in [1.165, 1.54) is 0 Å². The third kappa shape index (κ3) is 1.72. The summed E-state index contributed by atoms with van der Waals surface area (Å²) < 4.78 is 1.86. The molecule has 0 atom stereocenters. The van der Waals surface area contributed by atoms with E-state index in [1.807, 2.05) is 59.2 Å². The second-order valence-electron chi connectivity index (χ2n) is 4.17. The molecule has 0 saturated carbocycles. The molecule has 2 aromatic carbocycles. The first-order chi connectivity index (χ1) is 8.77. The summed E-state index contributed by atoms with van der Waals surface area (Å²) in [6.07, 6.45) is 0. The van der Waals surface area contributed by atoms with Gasteiger partial charge in [-0.25, -0.2) is 0 Å². The lowest BCUT2D eigenvalue weighted by molar-refractivity contribution is 0.423. The lowest BCUT2D eigenvalue weighted by atomic mass is 9.86. The number of hydrogen-bond donors (Lipinski definition) is 2. The Balaban J connectivity index is 2.35. The fourth-order valence-electron chi connectivity index (χ4n) is 2.23. The van der Waals surface area contributed by atoms with Crippen LogP contribution in [0.3, 0.4) is 0 Å². The highest BCUT2D eigenvalue weighted by molar-refractivity contribution is 6.58. The van der Waals surface area contributed by atoms with Crippen LogP contribution in [0.1, 0.15) is 0 Å². The first kappa shape index (κ1) is 11.1. The van der Waals surface area contributed by atoms with Gasteiger partial charge in [0.1, 0.15) is 0 Å². The summed E-state index contributed by atoms with van der Waals surface area (Å²) in [6, 6.07) is 19.3. The van der Waals surface area contributed by atoms with Crippen molar-refractivity contribution in [1.29, 1.82) is 0 Å². The average molecular weight is 237 g/mol. The van der Waals surface area contributed by atoms with Crippen molar-refractivity contribution < 1.29 is 10.0 Å². The lowest BCUT2D eigenvalue weighted by Gasteiger charge is -2.10. The zero-order valence-electron chi connectivity index (χ0n) is 9.69. The van der Waals surface area contributed by atoms with Gasteiger partial charge in [-0.05, 0) is 29.7 Å². The molecule has 0 fully saturated rings. The highest BCUT2D eigenvalue weighted by atomic mass is 16.4. The Bertz CT molecular complexity index is 677. The molecular weight excluding hydrogens is 225 g/mol. The van der Waals surface area contributed by atoms with Crippen LogP contribution in [0.5, 0.6) is 0 Å². The summed E-state index contributed by atoms with van der Waals surface area (Å²) in [5, 5.41) is 20.0. The van der Waals surface area contributed by atoms with Gasteiger partial charge in [0, 0.05) is 5.69 Å². The van der Waals surface area contributed by atoms with Crippen molar-refractivity contribution in [3.8, 4) is 5.69 Å². The molecule has 0 unspecified atom stereocenters. The molecule has 4 heteroatoms.